The van der Waals surface area contributed by atoms with Crippen molar-refractivity contribution in [1.29, 1.82) is 0 Å². The van der Waals surface area contributed by atoms with E-state index in [0.717, 1.165) is 30.8 Å². The standard InChI is InChI=1S/C28H36INO2/c1-20-17-24(15-16-27(20)32-2)22-13-11-21(12-14-22)19-30(26-10-6-9-25(29)18-26)28(31)23-7-4-3-5-8-23/h6,9-10,15-18,21-23H,3-5,7-8,11-14,19H2,1-2H3. The minimum atomic E-state index is 0.209. The van der Waals surface area contributed by atoms with Crippen LogP contribution in [0.15, 0.2) is 42.5 Å². The number of rotatable bonds is 6. The Labute approximate surface area is 207 Å². The summed E-state index contributed by atoms with van der Waals surface area (Å²) in [5.41, 5.74) is 3.74. The van der Waals surface area contributed by atoms with Gasteiger partial charge in [0.25, 0.3) is 0 Å². The molecule has 2 saturated carbocycles. The summed E-state index contributed by atoms with van der Waals surface area (Å²) in [5.74, 6) is 2.74. The molecule has 2 aliphatic carbocycles. The predicted molar refractivity (Wildman–Crippen MR) is 141 cm³/mol. The van der Waals surface area contributed by atoms with Gasteiger partial charge in [0.2, 0.25) is 5.91 Å². The Balaban J connectivity index is 1.43. The lowest BCUT2D eigenvalue weighted by Crippen LogP contribution is -2.41. The molecule has 0 unspecified atom stereocenters. The van der Waals surface area contributed by atoms with E-state index in [0.29, 0.717) is 17.7 Å². The lowest BCUT2D eigenvalue weighted by molar-refractivity contribution is -0.123. The second-order valence-corrected chi connectivity index (χ2v) is 11.0. The van der Waals surface area contributed by atoms with Crippen LogP contribution in [0.4, 0.5) is 5.69 Å². The normalized spacial score (nSPS) is 21.8. The van der Waals surface area contributed by atoms with Gasteiger partial charge in [-0.3, -0.25) is 4.79 Å². The first kappa shape index (κ1) is 23.6. The van der Waals surface area contributed by atoms with E-state index in [1.165, 1.54) is 59.6 Å². The van der Waals surface area contributed by atoms with E-state index in [9.17, 15) is 4.79 Å². The van der Waals surface area contributed by atoms with Crippen LogP contribution in [0.2, 0.25) is 0 Å². The van der Waals surface area contributed by atoms with Crippen molar-refractivity contribution in [2.45, 2.75) is 70.6 Å². The van der Waals surface area contributed by atoms with E-state index < -0.39 is 0 Å². The molecular weight excluding hydrogens is 509 g/mol. The van der Waals surface area contributed by atoms with Gasteiger partial charge < -0.3 is 9.64 Å². The third kappa shape index (κ3) is 5.67. The van der Waals surface area contributed by atoms with Crippen molar-refractivity contribution < 1.29 is 9.53 Å². The Kier molecular flexibility index (Phi) is 8.14. The topological polar surface area (TPSA) is 29.5 Å². The summed E-state index contributed by atoms with van der Waals surface area (Å²) in [6, 6.07) is 15.1. The van der Waals surface area contributed by atoms with E-state index in [-0.39, 0.29) is 5.92 Å². The van der Waals surface area contributed by atoms with Crippen molar-refractivity contribution in [3.63, 3.8) is 0 Å². The van der Waals surface area contributed by atoms with Gasteiger partial charge in [-0.2, -0.15) is 0 Å². The molecule has 4 rings (SSSR count). The van der Waals surface area contributed by atoms with E-state index in [4.69, 9.17) is 4.74 Å². The highest BCUT2D eigenvalue weighted by atomic mass is 127. The van der Waals surface area contributed by atoms with Crippen LogP contribution < -0.4 is 9.64 Å². The van der Waals surface area contributed by atoms with Crippen LogP contribution in [0.1, 0.15) is 74.8 Å². The highest BCUT2D eigenvalue weighted by Gasteiger charge is 2.31. The van der Waals surface area contributed by atoms with E-state index in [1.54, 1.807) is 7.11 Å². The fraction of sp³-hybridized carbons (Fsp3) is 0.536. The number of aryl methyl sites for hydroxylation is 1. The molecule has 1 amide bonds. The maximum Gasteiger partial charge on any atom is 0.230 e. The summed E-state index contributed by atoms with van der Waals surface area (Å²) in [6.45, 7) is 2.99. The molecule has 0 saturated heterocycles. The number of benzene rings is 2. The molecule has 0 N–H and O–H groups in total. The third-order valence-corrected chi connectivity index (χ3v) is 8.19. The summed E-state index contributed by atoms with van der Waals surface area (Å²) in [7, 11) is 1.74. The minimum Gasteiger partial charge on any atom is -0.496 e. The smallest absolute Gasteiger partial charge is 0.230 e. The zero-order valence-corrected chi connectivity index (χ0v) is 21.6. The van der Waals surface area contributed by atoms with Gasteiger partial charge >= 0.3 is 0 Å². The number of hydrogen-bond donors (Lipinski definition) is 0. The Morgan fingerprint density at radius 2 is 1.75 bits per heavy atom. The van der Waals surface area contributed by atoms with Crippen LogP contribution in [0, 0.1) is 22.3 Å². The molecule has 172 valence electrons. The molecule has 0 aromatic heterocycles. The first-order valence-electron chi connectivity index (χ1n) is 12.3. The van der Waals surface area contributed by atoms with Crippen LogP contribution in [0.3, 0.4) is 0 Å². The van der Waals surface area contributed by atoms with Gasteiger partial charge in [0.05, 0.1) is 7.11 Å². The number of carbonyl (C=O) groups is 1. The molecule has 2 aromatic rings. The maximum absolute atomic E-state index is 13.6. The number of amides is 1. The van der Waals surface area contributed by atoms with Crippen LogP contribution in [0.5, 0.6) is 5.75 Å². The molecule has 2 aromatic carbocycles. The van der Waals surface area contributed by atoms with Gasteiger partial charge in [-0.25, -0.2) is 0 Å². The number of halogens is 1. The quantitative estimate of drug-likeness (QED) is 0.352. The fourth-order valence-electron chi connectivity index (χ4n) is 5.63. The number of carbonyl (C=O) groups excluding carboxylic acids is 1. The lowest BCUT2D eigenvalue weighted by atomic mass is 9.78. The van der Waals surface area contributed by atoms with Gasteiger partial charge in [-0.15, -0.1) is 0 Å². The average molecular weight is 546 g/mol. The lowest BCUT2D eigenvalue weighted by Gasteiger charge is -2.35. The van der Waals surface area contributed by atoms with Crippen LogP contribution in [0.25, 0.3) is 0 Å². The first-order valence-corrected chi connectivity index (χ1v) is 13.3. The van der Waals surface area contributed by atoms with Crippen molar-refractivity contribution in [2.75, 3.05) is 18.6 Å². The van der Waals surface area contributed by atoms with E-state index >= 15 is 0 Å². The first-order chi connectivity index (χ1) is 15.5. The van der Waals surface area contributed by atoms with Gasteiger partial charge in [0.15, 0.2) is 0 Å². The highest BCUT2D eigenvalue weighted by molar-refractivity contribution is 14.1. The fourth-order valence-corrected chi connectivity index (χ4v) is 6.16. The van der Waals surface area contributed by atoms with E-state index in [2.05, 4.69) is 76.9 Å². The molecule has 2 aliphatic rings. The second kappa shape index (κ2) is 11.0. The molecule has 0 bridgehead atoms. The van der Waals surface area contributed by atoms with Crippen LogP contribution in [-0.4, -0.2) is 19.6 Å². The Hall–Kier alpha value is -1.56. The minimum absolute atomic E-state index is 0.209. The van der Waals surface area contributed by atoms with E-state index in [1.807, 2.05) is 0 Å². The average Bonchev–Trinajstić information content (AvgIpc) is 2.83. The molecule has 0 heterocycles. The Bertz CT molecular complexity index is 913. The predicted octanol–water partition coefficient (Wildman–Crippen LogP) is 7.50. The van der Waals surface area contributed by atoms with Crippen molar-refractivity contribution in [1.82, 2.24) is 0 Å². The van der Waals surface area contributed by atoms with Gasteiger partial charge in [-0.05, 0) is 115 Å². The van der Waals surface area contributed by atoms with Crippen molar-refractivity contribution in [2.24, 2.45) is 11.8 Å². The summed E-state index contributed by atoms with van der Waals surface area (Å²) >= 11 is 2.36. The molecule has 2 fully saturated rings. The number of ether oxygens (including phenoxy) is 1. The number of hydrogen-bond acceptors (Lipinski definition) is 2. The summed E-state index contributed by atoms with van der Waals surface area (Å²) < 4.78 is 6.63. The summed E-state index contributed by atoms with van der Waals surface area (Å²) in [6.07, 6.45) is 10.6. The van der Waals surface area contributed by atoms with Gasteiger partial charge in [-0.1, -0.05) is 37.5 Å². The maximum atomic E-state index is 13.6. The molecule has 0 aliphatic heterocycles. The summed E-state index contributed by atoms with van der Waals surface area (Å²) in [4.78, 5) is 15.7. The number of nitrogens with zero attached hydrogens (tertiary/aromatic N) is 1. The summed E-state index contributed by atoms with van der Waals surface area (Å²) in [5, 5.41) is 0. The van der Waals surface area contributed by atoms with Gasteiger partial charge in [0, 0.05) is 21.7 Å². The Morgan fingerprint density at radius 1 is 1.00 bits per heavy atom. The monoisotopic (exact) mass is 545 g/mol. The van der Waals surface area contributed by atoms with Crippen molar-refractivity contribution in [3.05, 3.63) is 57.2 Å². The zero-order chi connectivity index (χ0) is 22.5. The van der Waals surface area contributed by atoms with Crippen LogP contribution >= 0.6 is 22.6 Å². The van der Waals surface area contributed by atoms with Gasteiger partial charge in [0.1, 0.15) is 5.75 Å². The number of anilines is 1. The Morgan fingerprint density at radius 3 is 2.41 bits per heavy atom. The van der Waals surface area contributed by atoms with Crippen molar-refractivity contribution >= 4 is 34.2 Å². The third-order valence-electron chi connectivity index (χ3n) is 7.52. The van der Waals surface area contributed by atoms with Crippen molar-refractivity contribution in [3.8, 4) is 5.75 Å². The molecular formula is C28H36INO2. The second-order valence-electron chi connectivity index (χ2n) is 9.71. The molecule has 0 radical (unpaired) electrons. The molecule has 4 heteroatoms. The molecule has 0 spiro atoms. The van der Waals surface area contributed by atoms with Crippen LogP contribution in [-0.2, 0) is 4.79 Å². The SMILES string of the molecule is COc1ccc(C2CCC(CN(C(=O)C3CCCCC3)c3cccc(I)c3)CC2)cc1C. The highest BCUT2D eigenvalue weighted by Crippen LogP contribution is 2.38. The number of methoxy groups -OCH3 is 1. The largest absolute Gasteiger partial charge is 0.496 e. The molecule has 32 heavy (non-hydrogen) atoms. The molecule has 3 nitrogen and oxygen atoms in total. The molecule has 0 atom stereocenters. The zero-order valence-electron chi connectivity index (χ0n) is 19.5.